The zero-order chi connectivity index (χ0) is 21.0. The lowest BCUT2D eigenvalue weighted by Crippen LogP contribution is -3.13. The lowest BCUT2D eigenvalue weighted by molar-refractivity contribution is -0.917. The van der Waals surface area contributed by atoms with Crippen LogP contribution in [0.25, 0.3) is 0 Å². The summed E-state index contributed by atoms with van der Waals surface area (Å²) < 4.78 is 10.9. The molecule has 0 radical (unpaired) electrons. The van der Waals surface area contributed by atoms with Gasteiger partial charge in [0.15, 0.2) is 16.6 Å². The third kappa shape index (κ3) is 5.19. The zero-order valence-corrected chi connectivity index (χ0v) is 18.9. The topological polar surface area (TPSA) is 38.2 Å². The highest BCUT2D eigenvalue weighted by atomic mass is 32.1. The van der Waals surface area contributed by atoms with E-state index < -0.39 is 0 Å². The number of thiocarbonyl (C=S) groups is 1. The Labute approximate surface area is 179 Å². The van der Waals surface area contributed by atoms with Crippen LogP contribution in [0.2, 0.25) is 0 Å². The van der Waals surface area contributed by atoms with Gasteiger partial charge in [0.25, 0.3) is 0 Å². The Balaban J connectivity index is 1.56. The number of quaternary nitrogens is 1. The van der Waals surface area contributed by atoms with Crippen LogP contribution in [0.15, 0.2) is 30.3 Å². The molecule has 1 heterocycles. The standard InChI is InChI=1S/C23H31N3O2S/c1-16-6-7-20(12-17(16)2)24-23(29)26-10-8-25(9-11-26)15-19-14-22(28-5)21(27-4)13-18(19)3/h6-7,12-14H,8-11,15H2,1-5H3,(H,24,29)/p+1. The van der Waals surface area contributed by atoms with E-state index in [0.29, 0.717) is 0 Å². The maximum atomic E-state index is 5.66. The quantitative estimate of drug-likeness (QED) is 0.736. The molecule has 0 aliphatic carbocycles. The van der Waals surface area contributed by atoms with Crippen molar-refractivity contribution in [3.05, 3.63) is 52.6 Å². The normalized spacial score (nSPS) is 14.6. The largest absolute Gasteiger partial charge is 0.493 e. The third-order valence-electron chi connectivity index (χ3n) is 5.80. The zero-order valence-electron chi connectivity index (χ0n) is 18.1. The van der Waals surface area contributed by atoms with Crippen LogP contribution >= 0.6 is 12.2 Å². The number of nitrogens with zero attached hydrogens (tertiary/aromatic N) is 1. The van der Waals surface area contributed by atoms with Crippen LogP contribution < -0.4 is 19.7 Å². The van der Waals surface area contributed by atoms with Gasteiger partial charge in [-0.3, -0.25) is 0 Å². The van der Waals surface area contributed by atoms with Crippen molar-refractivity contribution in [2.75, 3.05) is 45.7 Å². The molecule has 0 bridgehead atoms. The molecular weight excluding hydrogens is 382 g/mol. The molecule has 1 aliphatic rings. The Morgan fingerprint density at radius 3 is 2.24 bits per heavy atom. The average molecular weight is 415 g/mol. The summed E-state index contributed by atoms with van der Waals surface area (Å²) in [4.78, 5) is 3.83. The molecule has 29 heavy (non-hydrogen) atoms. The number of rotatable bonds is 5. The summed E-state index contributed by atoms with van der Waals surface area (Å²) in [5.41, 5.74) is 6.18. The van der Waals surface area contributed by atoms with Crippen molar-refractivity contribution in [3.63, 3.8) is 0 Å². The molecule has 0 unspecified atom stereocenters. The number of piperazine rings is 1. The van der Waals surface area contributed by atoms with Gasteiger partial charge in [0.05, 0.1) is 40.4 Å². The van der Waals surface area contributed by atoms with Crippen LogP contribution in [-0.4, -0.2) is 50.4 Å². The third-order valence-corrected chi connectivity index (χ3v) is 6.16. The molecule has 1 aliphatic heterocycles. The van der Waals surface area contributed by atoms with E-state index in [1.165, 1.54) is 22.3 Å². The van der Waals surface area contributed by atoms with Crippen molar-refractivity contribution >= 4 is 23.0 Å². The Bertz CT molecular complexity index is 877. The van der Waals surface area contributed by atoms with Gasteiger partial charge in [-0.15, -0.1) is 0 Å². The molecule has 0 saturated carbocycles. The van der Waals surface area contributed by atoms with E-state index in [4.69, 9.17) is 21.7 Å². The molecule has 2 N–H and O–H groups in total. The van der Waals surface area contributed by atoms with Crippen LogP contribution in [0.4, 0.5) is 5.69 Å². The summed E-state index contributed by atoms with van der Waals surface area (Å²) in [5.74, 6) is 1.58. The number of anilines is 1. The van der Waals surface area contributed by atoms with E-state index in [9.17, 15) is 0 Å². The highest BCUT2D eigenvalue weighted by Crippen LogP contribution is 2.29. The second-order valence-electron chi connectivity index (χ2n) is 7.78. The molecule has 5 nitrogen and oxygen atoms in total. The number of aryl methyl sites for hydroxylation is 3. The van der Waals surface area contributed by atoms with Crippen molar-refractivity contribution in [1.82, 2.24) is 4.90 Å². The Kier molecular flexibility index (Phi) is 6.98. The fourth-order valence-corrected chi connectivity index (χ4v) is 4.01. The van der Waals surface area contributed by atoms with E-state index in [2.05, 4.69) is 61.3 Å². The first-order valence-electron chi connectivity index (χ1n) is 10.1. The minimum Gasteiger partial charge on any atom is -0.493 e. The molecule has 0 amide bonds. The summed E-state index contributed by atoms with van der Waals surface area (Å²) >= 11 is 5.66. The van der Waals surface area contributed by atoms with Gasteiger partial charge in [-0.2, -0.15) is 0 Å². The molecule has 6 heteroatoms. The minimum absolute atomic E-state index is 0.788. The minimum atomic E-state index is 0.788. The smallest absolute Gasteiger partial charge is 0.173 e. The highest BCUT2D eigenvalue weighted by molar-refractivity contribution is 7.80. The van der Waals surface area contributed by atoms with Gasteiger partial charge in [0, 0.05) is 11.3 Å². The van der Waals surface area contributed by atoms with Gasteiger partial charge in [-0.25, -0.2) is 0 Å². The van der Waals surface area contributed by atoms with Crippen LogP contribution in [0.3, 0.4) is 0 Å². The van der Waals surface area contributed by atoms with Gasteiger partial charge >= 0.3 is 0 Å². The number of nitrogens with one attached hydrogen (secondary N) is 2. The molecule has 156 valence electrons. The van der Waals surface area contributed by atoms with Gasteiger partial charge in [0.1, 0.15) is 6.54 Å². The van der Waals surface area contributed by atoms with Crippen molar-refractivity contribution < 1.29 is 14.4 Å². The molecule has 1 saturated heterocycles. The molecule has 0 aromatic heterocycles. The molecule has 0 atom stereocenters. The SMILES string of the molecule is COc1cc(C)c(C[NH+]2CCN(C(=S)Nc3ccc(C)c(C)c3)CC2)cc1OC. The summed E-state index contributed by atoms with van der Waals surface area (Å²) in [6.07, 6.45) is 0. The Hall–Kier alpha value is -2.31. The van der Waals surface area contributed by atoms with Gasteiger partial charge in [0.2, 0.25) is 0 Å². The Morgan fingerprint density at radius 1 is 0.966 bits per heavy atom. The highest BCUT2D eigenvalue weighted by Gasteiger charge is 2.23. The van der Waals surface area contributed by atoms with Crippen LogP contribution in [-0.2, 0) is 6.54 Å². The fourth-order valence-electron chi connectivity index (χ4n) is 3.71. The molecule has 2 aromatic carbocycles. The predicted octanol–water partition coefficient (Wildman–Crippen LogP) is 2.73. The molecule has 2 aromatic rings. The van der Waals surface area contributed by atoms with Crippen LogP contribution in [0, 0.1) is 20.8 Å². The average Bonchev–Trinajstić information content (AvgIpc) is 2.72. The van der Waals surface area contributed by atoms with E-state index in [-0.39, 0.29) is 0 Å². The van der Waals surface area contributed by atoms with Crippen molar-refractivity contribution in [2.45, 2.75) is 27.3 Å². The fraction of sp³-hybridized carbons (Fsp3) is 0.435. The van der Waals surface area contributed by atoms with E-state index in [1.54, 1.807) is 19.1 Å². The Morgan fingerprint density at radius 2 is 1.62 bits per heavy atom. The molecule has 0 spiro atoms. The van der Waals surface area contributed by atoms with Gasteiger partial charge in [-0.05, 0) is 73.9 Å². The van der Waals surface area contributed by atoms with E-state index in [0.717, 1.165) is 55.0 Å². The van der Waals surface area contributed by atoms with E-state index in [1.807, 2.05) is 0 Å². The lowest BCUT2D eigenvalue weighted by Gasteiger charge is -2.34. The number of benzene rings is 2. The van der Waals surface area contributed by atoms with Crippen LogP contribution in [0.1, 0.15) is 22.3 Å². The van der Waals surface area contributed by atoms with Gasteiger partial charge in [-0.1, -0.05) is 6.07 Å². The van der Waals surface area contributed by atoms with E-state index >= 15 is 0 Å². The molecule has 1 fully saturated rings. The first-order chi connectivity index (χ1) is 13.9. The summed E-state index contributed by atoms with van der Waals surface area (Å²) in [6, 6.07) is 10.6. The first kappa shape index (κ1) is 21.4. The summed E-state index contributed by atoms with van der Waals surface area (Å²) in [6.45, 7) is 11.4. The van der Waals surface area contributed by atoms with Crippen molar-refractivity contribution in [1.29, 1.82) is 0 Å². The van der Waals surface area contributed by atoms with Crippen LogP contribution in [0.5, 0.6) is 11.5 Å². The number of hydrogen-bond acceptors (Lipinski definition) is 3. The summed E-state index contributed by atoms with van der Waals surface area (Å²) in [7, 11) is 3.36. The molecule has 3 rings (SSSR count). The summed E-state index contributed by atoms with van der Waals surface area (Å²) in [5, 5.41) is 4.21. The first-order valence-corrected chi connectivity index (χ1v) is 10.5. The number of hydrogen-bond donors (Lipinski definition) is 2. The lowest BCUT2D eigenvalue weighted by atomic mass is 10.1. The molecular formula is C23H32N3O2S+. The maximum absolute atomic E-state index is 5.66. The predicted molar refractivity (Wildman–Crippen MR) is 122 cm³/mol. The second-order valence-corrected chi connectivity index (χ2v) is 8.16. The monoisotopic (exact) mass is 414 g/mol. The number of methoxy groups -OCH3 is 2. The second kappa shape index (κ2) is 9.46. The van der Waals surface area contributed by atoms with Crippen molar-refractivity contribution in [3.8, 4) is 11.5 Å². The maximum Gasteiger partial charge on any atom is 0.173 e. The van der Waals surface area contributed by atoms with Crippen molar-refractivity contribution in [2.24, 2.45) is 0 Å². The van der Waals surface area contributed by atoms with Gasteiger partial charge < -0.3 is 24.6 Å². The number of ether oxygens (including phenoxy) is 2.